The number of hydrogen-bond acceptors (Lipinski definition) is 2. The predicted molar refractivity (Wildman–Crippen MR) is 105 cm³/mol. The summed E-state index contributed by atoms with van der Waals surface area (Å²) in [7, 11) is 0. The number of aryl methyl sites for hydroxylation is 3. The number of fused-ring (bicyclic) bond motifs is 1. The molecule has 26 heavy (non-hydrogen) atoms. The highest BCUT2D eigenvalue weighted by Gasteiger charge is 2.18. The van der Waals surface area contributed by atoms with Gasteiger partial charge in [0.2, 0.25) is 0 Å². The van der Waals surface area contributed by atoms with E-state index in [1.54, 1.807) is 0 Å². The molecule has 0 fully saturated rings. The van der Waals surface area contributed by atoms with Crippen molar-refractivity contribution in [3.8, 4) is 23.1 Å². The van der Waals surface area contributed by atoms with Crippen molar-refractivity contribution in [2.45, 2.75) is 20.8 Å². The Kier molecular flexibility index (Phi) is 3.82. The van der Waals surface area contributed by atoms with Crippen molar-refractivity contribution in [2.75, 3.05) is 0 Å². The molecule has 0 aliphatic heterocycles. The number of hydrogen-bond donors (Lipinski definition) is 0. The molecule has 0 spiro atoms. The van der Waals surface area contributed by atoms with Crippen molar-refractivity contribution < 1.29 is 0 Å². The summed E-state index contributed by atoms with van der Waals surface area (Å²) in [5, 5.41) is 9.17. The lowest BCUT2D eigenvalue weighted by atomic mass is 10.0. The second-order valence-corrected chi connectivity index (χ2v) is 6.64. The maximum atomic E-state index is 9.17. The minimum Gasteiger partial charge on any atom is -0.292 e. The first-order chi connectivity index (χ1) is 12.6. The highest BCUT2D eigenvalue weighted by Crippen LogP contribution is 2.33. The van der Waals surface area contributed by atoms with Gasteiger partial charge in [-0.3, -0.25) is 4.57 Å². The molecule has 3 nitrogen and oxygen atoms in total. The molecule has 0 radical (unpaired) electrons. The Morgan fingerprint density at radius 1 is 0.846 bits per heavy atom. The quantitative estimate of drug-likeness (QED) is 0.485. The van der Waals surface area contributed by atoms with Crippen molar-refractivity contribution >= 4 is 11.0 Å². The summed E-state index contributed by atoms with van der Waals surface area (Å²) in [4.78, 5) is 4.94. The van der Waals surface area contributed by atoms with Crippen LogP contribution in [0.5, 0.6) is 0 Å². The van der Waals surface area contributed by atoms with E-state index in [4.69, 9.17) is 4.98 Å². The van der Waals surface area contributed by atoms with Crippen LogP contribution in [-0.2, 0) is 0 Å². The predicted octanol–water partition coefficient (Wildman–Crippen LogP) is 5.49. The zero-order valence-corrected chi connectivity index (χ0v) is 15.1. The average Bonchev–Trinajstić information content (AvgIpc) is 3.00. The van der Waals surface area contributed by atoms with E-state index >= 15 is 0 Å². The first-order valence-electron chi connectivity index (χ1n) is 8.65. The number of rotatable bonds is 2. The van der Waals surface area contributed by atoms with E-state index < -0.39 is 0 Å². The molecule has 0 aliphatic carbocycles. The van der Waals surface area contributed by atoms with Gasteiger partial charge < -0.3 is 0 Å². The monoisotopic (exact) mass is 337 g/mol. The maximum Gasteiger partial charge on any atom is 0.146 e. The Labute approximate surface area is 153 Å². The van der Waals surface area contributed by atoms with Gasteiger partial charge in [-0.25, -0.2) is 4.98 Å². The molecule has 0 saturated heterocycles. The fraction of sp³-hybridized carbons (Fsp3) is 0.130. The van der Waals surface area contributed by atoms with Crippen LogP contribution in [-0.4, -0.2) is 9.55 Å². The summed E-state index contributed by atoms with van der Waals surface area (Å²) in [5.74, 6) is 0.908. The van der Waals surface area contributed by atoms with Crippen LogP contribution in [0.25, 0.3) is 28.1 Å². The van der Waals surface area contributed by atoms with Gasteiger partial charge in [-0.05, 0) is 67.8 Å². The molecule has 0 saturated carbocycles. The largest absolute Gasteiger partial charge is 0.292 e. The van der Waals surface area contributed by atoms with Crippen molar-refractivity contribution in [3.05, 3.63) is 82.9 Å². The summed E-state index contributed by atoms with van der Waals surface area (Å²) in [5.41, 5.74) is 8.40. The fourth-order valence-corrected chi connectivity index (χ4v) is 3.58. The zero-order chi connectivity index (χ0) is 18.3. The number of imidazole rings is 1. The summed E-state index contributed by atoms with van der Waals surface area (Å²) < 4.78 is 2.24. The van der Waals surface area contributed by atoms with Gasteiger partial charge in [0, 0.05) is 5.56 Å². The first-order valence-corrected chi connectivity index (χ1v) is 8.65. The van der Waals surface area contributed by atoms with Crippen LogP contribution in [0.15, 0.2) is 60.7 Å². The minimum absolute atomic E-state index is 0.668. The smallest absolute Gasteiger partial charge is 0.146 e. The van der Waals surface area contributed by atoms with Crippen LogP contribution in [0.2, 0.25) is 0 Å². The zero-order valence-electron chi connectivity index (χ0n) is 15.1. The van der Waals surface area contributed by atoms with Gasteiger partial charge in [0.25, 0.3) is 0 Å². The van der Waals surface area contributed by atoms with Crippen LogP contribution < -0.4 is 0 Å². The minimum atomic E-state index is 0.668. The van der Waals surface area contributed by atoms with Crippen molar-refractivity contribution in [3.63, 3.8) is 0 Å². The molecule has 0 N–H and O–H groups in total. The van der Waals surface area contributed by atoms with Crippen LogP contribution in [0.4, 0.5) is 0 Å². The lowest BCUT2D eigenvalue weighted by Gasteiger charge is -2.16. The van der Waals surface area contributed by atoms with Gasteiger partial charge in [0.1, 0.15) is 5.82 Å². The van der Waals surface area contributed by atoms with Gasteiger partial charge >= 0.3 is 0 Å². The third-order valence-corrected chi connectivity index (χ3v) is 4.82. The molecule has 126 valence electrons. The van der Waals surface area contributed by atoms with E-state index in [1.807, 2.05) is 43.3 Å². The van der Waals surface area contributed by atoms with Gasteiger partial charge in [0.15, 0.2) is 0 Å². The van der Waals surface area contributed by atoms with E-state index in [1.165, 1.54) is 16.8 Å². The second kappa shape index (κ2) is 6.16. The van der Waals surface area contributed by atoms with Crippen LogP contribution in [0, 0.1) is 32.1 Å². The van der Waals surface area contributed by atoms with Crippen molar-refractivity contribution in [1.29, 1.82) is 5.26 Å². The van der Waals surface area contributed by atoms with Gasteiger partial charge in [-0.15, -0.1) is 0 Å². The summed E-state index contributed by atoms with van der Waals surface area (Å²) in [6, 6.07) is 22.5. The van der Waals surface area contributed by atoms with E-state index in [2.05, 4.69) is 48.7 Å². The number of nitriles is 1. The maximum absolute atomic E-state index is 9.17. The molecule has 0 amide bonds. The number of aromatic nitrogens is 2. The Morgan fingerprint density at radius 3 is 2.27 bits per heavy atom. The Morgan fingerprint density at radius 2 is 1.58 bits per heavy atom. The number of benzene rings is 3. The molecular weight excluding hydrogens is 318 g/mol. The van der Waals surface area contributed by atoms with Crippen molar-refractivity contribution in [1.82, 2.24) is 9.55 Å². The van der Waals surface area contributed by atoms with Crippen LogP contribution in [0.1, 0.15) is 22.3 Å². The number of nitrogens with zero attached hydrogens (tertiary/aromatic N) is 3. The Hall–Kier alpha value is -3.38. The highest BCUT2D eigenvalue weighted by atomic mass is 15.1. The highest BCUT2D eigenvalue weighted by molar-refractivity contribution is 5.84. The van der Waals surface area contributed by atoms with Gasteiger partial charge in [-0.1, -0.05) is 30.3 Å². The van der Waals surface area contributed by atoms with Crippen LogP contribution >= 0.6 is 0 Å². The van der Waals surface area contributed by atoms with Crippen molar-refractivity contribution in [2.24, 2.45) is 0 Å². The standard InChI is InChI=1S/C23H19N3/c1-15-7-6-8-16(2)22(15)26-21-10-5-4-9-20(21)25-23(26)19-12-11-18(14-24)13-17(19)3/h4-13H,1-3H3. The molecule has 4 aromatic rings. The van der Waals surface area contributed by atoms with E-state index in [0.29, 0.717) is 5.56 Å². The molecule has 1 aromatic heterocycles. The summed E-state index contributed by atoms with van der Waals surface area (Å²) >= 11 is 0. The molecule has 0 unspecified atom stereocenters. The van der Waals surface area contributed by atoms with E-state index in [0.717, 1.165) is 28.0 Å². The summed E-state index contributed by atoms with van der Waals surface area (Å²) in [6.45, 7) is 6.30. The van der Waals surface area contributed by atoms with E-state index in [9.17, 15) is 5.26 Å². The molecule has 3 aromatic carbocycles. The molecule has 0 bridgehead atoms. The Balaban J connectivity index is 2.10. The average molecular weight is 337 g/mol. The third-order valence-electron chi connectivity index (χ3n) is 4.82. The molecule has 0 aliphatic rings. The summed E-state index contributed by atoms with van der Waals surface area (Å²) in [6.07, 6.45) is 0. The fourth-order valence-electron chi connectivity index (χ4n) is 3.58. The SMILES string of the molecule is Cc1cc(C#N)ccc1-c1nc2ccccc2n1-c1c(C)cccc1C. The Bertz CT molecular complexity index is 1160. The van der Waals surface area contributed by atoms with Crippen LogP contribution in [0.3, 0.4) is 0 Å². The lowest BCUT2D eigenvalue weighted by Crippen LogP contribution is -2.03. The van der Waals surface area contributed by atoms with E-state index in [-0.39, 0.29) is 0 Å². The molecular formula is C23H19N3. The van der Waals surface area contributed by atoms with Gasteiger partial charge in [-0.2, -0.15) is 5.26 Å². The molecule has 4 rings (SSSR count). The second-order valence-electron chi connectivity index (χ2n) is 6.64. The number of para-hydroxylation sites is 3. The topological polar surface area (TPSA) is 41.6 Å². The molecule has 0 atom stereocenters. The molecule has 3 heteroatoms. The molecule has 1 heterocycles. The first kappa shape index (κ1) is 16.1. The van der Waals surface area contributed by atoms with Gasteiger partial charge in [0.05, 0.1) is 28.4 Å². The third kappa shape index (κ3) is 2.48. The normalized spacial score (nSPS) is 10.8. The lowest BCUT2D eigenvalue weighted by molar-refractivity contribution is 1.06.